The molecule has 2 nitrogen and oxygen atoms in total. The zero-order valence-electron chi connectivity index (χ0n) is 7.20. The predicted octanol–water partition coefficient (Wildman–Crippen LogP) is 2.89. The molecule has 0 saturated carbocycles. The SMILES string of the molecule is Cn1nc(-c2ccsc2)cc1CCl. The van der Waals surface area contributed by atoms with Crippen LogP contribution in [0, 0.1) is 0 Å². The lowest BCUT2D eigenvalue weighted by molar-refractivity contribution is 0.738. The van der Waals surface area contributed by atoms with Gasteiger partial charge in [0.2, 0.25) is 0 Å². The van der Waals surface area contributed by atoms with Crippen LogP contribution in [0.3, 0.4) is 0 Å². The first-order chi connectivity index (χ1) is 6.31. The molecule has 2 aromatic rings. The molecule has 0 radical (unpaired) electrons. The summed E-state index contributed by atoms with van der Waals surface area (Å²) in [5.74, 6) is 0.508. The highest BCUT2D eigenvalue weighted by Gasteiger charge is 2.05. The third-order valence-electron chi connectivity index (χ3n) is 1.93. The molecule has 13 heavy (non-hydrogen) atoms. The van der Waals surface area contributed by atoms with Crippen LogP contribution in [0.1, 0.15) is 5.69 Å². The first kappa shape index (κ1) is 8.78. The van der Waals surface area contributed by atoms with E-state index in [0.29, 0.717) is 5.88 Å². The molecule has 0 aromatic carbocycles. The smallest absolute Gasteiger partial charge is 0.0934 e. The maximum Gasteiger partial charge on any atom is 0.0934 e. The molecule has 0 atom stereocenters. The number of hydrogen-bond donors (Lipinski definition) is 0. The van der Waals surface area contributed by atoms with E-state index in [9.17, 15) is 0 Å². The normalized spacial score (nSPS) is 10.6. The van der Waals surface area contributed by atoms with Gasteiger partial charge in [-0.3, -0.25) is 4.68 Å². The van der Waals surface area contributed by atoms with Crippen molar-refractivity contribution in [3.8, 4) is 11.3 Å². The number of aryl methyl sites for hydroxylation is 1. The van der Waals surface area contributed by atoms with Crippen molar-refractivity contribution in [3.63, 3.8) is 0 Å². The number of aromatic nitrogens is 2. The summed E-state index contributed by atoms with van der Waals surface area (Å²) >= 11 is 7.42. The van der Waals surface area contributed by atoms with Crippen LogP contribution in [0.5, 0.6) is 0 Å². The number of halogens is 1. The number of rotatable bonds is 2. The Kier molecular flexibility index (Phi) is 2.38. The van der Waals surface area contributed by atoms with Crippen molar-refractivity contribution in [2.75, 3.05) is 0 Å². The van der Waals surface area contributed by atoms with Crippen LogP contribution in [0.15, 0.2) is 22.9 Å². The molecule has 0 saturated heterocycles. The number of alkyl halides is 1. The minimum absolute atomic E-state index is 0.508. The summed E-state index contributed by atoms with van der Waals surface area (Å²) in [6.07, 6.45) is 0. The van der Waals surface area contributed by atoms with E-state index in [1.807, 2.05) is 23.2 Å². The van der Waals surface area contributed by atoms with Crippen LogP contribution in [-0.2, 0) is 12.9 Å². The Morgan fingerprint density at radius 2 is 2.46 bits per heavy atom. The largest absolute Gasteiger partial charge is 0.271 e. The van der Waals surface area contributed by atoms with E-state index in [0.717, 1.165) is 17.0 Å². The monoisotopic (exact) mass is 212 g/mol. The summed E-state index contributed by atoms with van der Waals surface area (Å²) in [5.41, 5.74) is 3.21. The Hall–Kier alpha value is -0.800. The van der Waals surface area contributed by atoms with Crippen LogP contribution in [0.2, 0.25) is 0 Å². The summed E-state index contributed by atoms with van der Waals surface area (Å²) in [6, 6.07) is 4.08. The van der Waals surface area contributed by atoms with Crippen LogP contribution < -0.4 is 0 Å². The summed E-state index contributed by atoms with van der Waals surface area (Å²) in [7, 11) is 1.91. The average molecular weight is 213 g/mol. The van der Waals surface area contributed by atoms with Crippen LogP contribution in [0.4, 0.5) is 0 Å². The van der Waals surface area contributed by atoms with E-state index in [4.69, 9.17) is 11.6 Å². The van der Waals surface area contributed by atoms with Crippen LogP contribution in [0.25, 0.3) is 11.3 Å². The van der Waals surface area contributed by atoms with Crippen molar-refractivity contribution in [3.05, 3.63) is 28.6 Å². The highest BCUT2D eigenvalue weighted by atomic mass is 35.5. The highest BCUT2D eigenvalue weighted by Crippen LogP contribution is 2.21. The van der Waals surface area contributed by atoms with E-state index in [2.05, 4.69) is 16.5 Å². The molecule has 0 N–H and O–H groups in total. The van der Waals surface area contributed by atoms with Gasteiger partial charge in [-0.05, 0) is 17.5 Å². The van der Waals surface area contributed by atoms with E-state index >= 15 is 0 Å². The fourth-order valence-electron chi connectivity index (χ4n) is 1.18. The van der Waals surface area contributed by atoms with E-state index in [-0.39, 0.29) is 0 Å². The number of thiophene rings is 1. The lowest BCUT2D eigenvalue weighted by atomic mass is 10.2. The molecule has 0 fully saturated rings. The van der Waals surface area contributed by atoms with Gasteiger partial charge in [-0.1, -0.05) is 0 Å². The number of nitrogens with zero attached hydrogens (tertiary/aromatic N) is 2. The molecule has 2 aromatic heterocycles. The second-order valence-electron chi connectivity index (χ2n) is 2.79. The summed E-state index contributed by atoms with van der Waals surface area (Å²) in [5, 5.41) is 8.49. The van der Waals surface area contributed by atoms with Crippen molar-refractivity contribution >= 4 is 22.9 Å². The second-order valence-corrected chi connectivity index (χ2v) is 3.84. The molecule has 2 rings (SSSR count). The fraction of sp³-hybridized carbons (Fsp3) is 0.222. The van der Waals surface area contributed by atoms with Crippen molar-refractivity contribution < 1.29 is 0 Å². The Labute approximate surface area is 85.8 Å². The molecular formula is C9H9ClN2S. The topological polar surface area (TPSA) is 17.8 Å². The Morgan fingerprint density at radius 3 is 3.00 bits per heavy atom. The summed E-state index contributed by atoms with van der Waals surface area (Å²) in [6.45, 7) is 0. The Balaban J connectivity index is 2.43. The van der Waals surface area contributed by atoms with Crippen molar-refractivity contribution in [1.82, 2.24) is 9.78 Å². The molecule has 2 heterocycles. The van der Waals surface area contributed by atoms with E-state index in [1.165, 1.54) is 0 Å². The molecule has 4 heteroatoms. The average Bonchev–Trinajstić information content (AvgIpc) is 2.71. The molecule has 0 aliphatic carbocycles. The van der Waals surface area contributed by atoms with E-state index < -0.39 is 0 Å². The molecule has 0 bridgehead atoms. The molecular weight excluding hydrogens is 204 g/mol. The molecule has 68 valence electrons. The molecule has 0 aliphatic rings. The van der Waals surface area contributed by atoms with Gasteiger partial charge in [0.1, 0.15) is 0 Å². The third-order valence-corrected chi connectivity index (χ3v) is 2.89. The van der Waals surface area contributed by atoms with Gasteiger partial charge in [-0.25, -0.2) is 0 Å². The second kappa shape index (κ2) is 3.52. The van der Waals surface area contributed by atoms with Gasteiger partial charge in [0.15, 0.2) is 0 Å². The van der Waals surface area contributed by atoms with Gasteiger partial charge >= 0.3 is 0 Å². The number of hydrogen-bond acceptors (Lipinski definition) is 2. The lowest BCUT2D eigenvalue weighted by Crippen LogP contribution is -1.94. The molecule has 0 amide bonds. The molecule has 0 unspecified atom stereocenters. The van der Waals surface area contributed by atoms with Crippen LogP contribution >= 0.6 is 22.9 Å². The minimum Gasteiger partial charge on any atom is -0.271 e. The third kappa shape index (κ3) is 1.62. The molecule has 0 aliphatic heterocycles. The van der Waals surface area contributed by atoms with Crippen LogP contribution in [-0.4, -0.2) is 9.78 Å². The first-order valence-electron chi connectivity index (χ1n) is 3.92. The highest BCUT2D eigenvalue weighted by molar-refractivity contribution is 7.08. The quantitative estimate of drug-likeness (QED) is 0.700. The first-order valence-corrected chi connectivity index (χ1v) is 5.40. The van der Waals surface area contributed by atoms with E-state index in [1.54, 1.807) is 11.3 Å². The van der Waals surface area contributed by atoms with Gasteiger partial charge in [-0.15, -0.1) is 11.6 Å². The summed E-state index contributed by atoms with van der Waals surface area (Å²) in [4.78, 5) is 0. The van der Waals surface area contributed by atoms with Crippen molar-refractivity contribution in [2.45, 2.75) is 5.88 Å². The summed E-state index contributed by atoms with van der Waals surface area (Å²) < 4.78 is 1.82. The Bertz CT molecular complexity index is 392. The van der Waals surface area contributed by atoms with Gasteiger partial charge in [0.05, 0.1) is 17.3 Å². The fourth-order valence-corrected chi connectivity index (χ4v) is 2.08. The lowest BCUT2D eigenvalue weighted by Gasteiger charge is -1.91. The minimum atomic E-state index is 0.508. The van der Waals surface area contributed by atoms with Gasteiger partial charge in [0, 0.05) is 18.0 Å². The van der Waals surface area contributed by atoms with Crippen molar-refractivity contribution in [1.29, 1.82) is 0 Å². The van der Waals surface area contributed by atoms with Gasteiger partial charge in [-0.2, -0.15) is 16.4 Å². The van der Waals surface area contributed by atoms with Gasteiger partial charge < -0.3 is 0 Å². The maximum absolute atomic E-state index is 5.75. The van der Waals surface area contributed by atoms with Crippen molar-refractivity contribution in [2.24, 2.45) is 7.05 Å². The van der Waals surface area contributed by atoms with Gasteiger partial charge in [0.25, 0.3) is 0 Å². The zero-order valence-corrected chi connectivity index (χ0v) is 8.77. The zero-order chi connectivity index (χ0) is 9.26. The molecule has 0 spiro atoms. The maximum atomic E-state index is 5.75. The predicted molar refractivity (Wildman–Crippen MR) is 56.1 cm³/mol. The Morgan fingerprint density at radius 1 is 1.62 bits per heavy atom. The standard InChI is InChI=1S/C9H9ClN2S/c1-12-8(5-10)4-9(11-12)7-2-3-13-6-7/h2-4,6H,5H2,1H3.